The van der Waals surface area contributed by atoms with Crippen molar-refractivity contribution in [3.63, 3.8) is 0 Å². The van der Waals surface area contributed by atoms with Crippen LogP contribution in [-0.2, 0) is 5.11 Å². The van der Waals surface area contributed by atoms with E-state index in [4.69, 9.17) is 0 Å². The number of hydrogen-bond acceptors (Lipinski definition) is 0. The van der Waals surface area contributed by atoms with Crippen molar-refractivity contribution in [3.8, 4) is 5.75 Å². The summed E-state index contributed by atoms with van der Waals surface area (Å²) in [5.74, 6) is 0.0718. The lowest BCUT2D eigenvalue weighted by Crippen LogP contribution is -1.54. The van der Waals surface area contributed by atoms with Crippen molar-refractivity contribution >= 4 is 0 Å². The van der Waals surface area contributed by atoms with E-state index < -0.39 is 0 Å². The minimum absolute atomic E-state index is 0.0718. The molecule has 0 atom stereocenters. The topological polar surface area (TPSA) is 19.9 Å². The first-order valence-electron chi connectivity index (χ1n) is 2.61. The molecule has 0 heterocycles. The van der Waals surface area contributed by atoms with Gasteiger partial charge in [0.15, 0.2) is 5.75 Å². The van der Waals surface area contributed by atoms with Gasteiger partial charge in [0.25, 0.3) is 0 Å². The van der Waals surface area contributed by atoms with Gasteiger partial charge in [0.05, 0.1) is 0 Å². The Labute approximate surface area is 55.3 Å². The maximum Gasteiger partial charge on any atom is 0.178 e. The molecule has 0 N–H and O–H groups in total. The molecular formula is C8H9O. The van der Waals surface area contributed by atoms with Gasteiger partial charge in [-0.2, -0.15) is 0 Å². The van der Waals surface area contributed by atoms with Crippen LogP contribution in [0.15, 0.2) is 43.5 Å². The van der Waals surface area contributed by atoms with Crippen molar-refractivity contribution in [1.82, 2.24) is 0 Å². The summed E-state index contributed by atoms with van der Waals surface area (Å²) >= 11 is 0. The van der Waals surface area contributed by atoms with Crippen LogP contribution < -0.4 is 0 Å². The van der Waals surface area contributed by atoms with E-state index in [2.05, 4.69) is 13.2 Å². The third kappa shape index (κ3) is 3.35. The van der Waals surface area contributed by atoms with Crippen LogP contribution in [0.25, 0.3) is 0 Å². The molecule has 0 aliphatic heterocycles. The van der Waals surface area contributed by atoms with Crippen molar-refractivity contribution in [2.75, 3.05) is 0 Å². The Morgan fingerprint density at radius 3 is 1.67 bits per heavy atom. The zero-order valence-electron chi connectivity index (χ0n) is 5.21. The molecule has 0 saturated heterocycles. The van der Waals surface area contributed by atoms with E-state index in [1.54, 1.807) is 12.1 Å². The third-order valence-corrected chi connectivity index (χ3v) is 0.743. The van der Waals surface area contributed by atoms with Crippen molar-refractivity contribution in [2.45, 2.75) is 0 Å². The van der Waals surface area contributed by atoms with E-state index >= 15 is 0 Å². The summed E-state index contributed by atoms with van der Waals surface area (Å²) < 4.78 is 0. The second-order valence-electron chi connectivity index (χ2n) is 1.31. The molecule has 1 heteroatoms. The van der Waals surface area contributed by atoms with Crippen molar-refractivity contribution < 1.29 is 5.11 Å². The molecule has 0 fully saturated rings. The first-order chi connectivity index (χ1) is 4.39. The zero-order valence-corrected chi connectivity index (χ0v) is 5.21. The predicted molar refractivity (Wildman–Crippen MR) is 37.8 cm³/mol. The second-order valence-corrected chi connectivity index (χ2v) is 1.31. The molecule has 0 aliphatic rings. The summed E-state index contributed by atoms with van der Waals surface area (Å²) in [6, 6.07) is 8.33. The number of para-hydroxylation sites is 1. The van der Waals surface area contributed by atoms with Gasteiger partial charge in [-0.05, 0) is 12.1 Å². The molecule has 0 aliphatic carbocycles. The number of benzene rings is 1. The molecule has 0 amide bonds. The molecule has 0 spiro atoms. The molecule has 0 aromatic heterocycles. The van der Waals surface area contributed by atoms with Crippen molar-refractivity contribution in [3.05, 3.63) is 43.5 Å². The Morgan fingerprint density at radius 1 is 1.00 bits per heavy atom. The quantitative estimate of drug-likeness (QED) is 0.470. The highest BCUT2D eigenvalue weighted by Gasteiger charge is 1.78. The number of hydrogen-bond donors (Lipinski definition) is 0. The van der Waals surface area contributed by atoms with Crippen LogP contribution >= 0.6 is 0 Å². The van der Waals surface area contributed by atoms with Gasteiger partial charge in [0.1, 0.15) is 0 Å². The molecule has 9 heavy (non-hydrogen) atoms. The van der Waals surface area contributed by atoms with Gasteiger partial charge in [-0.25, -0.2) is 0 Å². The summed E-state index contributed by atoms with van der Waals surface area (Å²) in [5.41, 5.74) is 0. The van der Waals surface area contributed by atoms with Crippen LogP contribution in [0.1, 0.15) is 0 Å². The van der Waals surface area contributed by atoms with Gasteiger partial charge >= 0.3 is 0 Å². The van der Waals surface area contributed by atoms with Gasteiger partial charge in [0, 0.05) is 0 Å². The van der Waals surface area contributed by atoms with E-state index in [0.29, 0.717) is 0 Å². The van der Waals surface area contributed by atoms with Crippen LogP contribution in [0.2, 0.25) is 0 Å². The van der Waals surface area contributed by atoms with Gasteiger partial charge in [0.2, 0.25) is 0 Å². The van der Waals surface area contributed by atoms with E-state index in [1.807, 2.05) is 6.07 Å². The minimum atomic E-state index is 0.0718. The Hall–Kier alpha value is -1.24. The summed E-state index contributed by atoms with van der Waals surface area (Å²) in [4.78, 5) is 0. The smallest absolute Gasteiger partial charge is 0.178 e. The molecule has 1 aromatic rings. The average molecular weight is 121 g/mol. The highest BCUT2D eigenvalue weighted by atomic mass is 16.3. The standard InChI is InChI=1S/C6H5O.C2H4/c7-6-4-2-1-3-5-6;1-2/h1-5H;1-2H2. The Kier molecular flexibility index (Phi) is 4.23. The Balaban J connectivity index is 0.000000291. The molecule has 0 saturated carbocycles. The van der Waals surface area contributed by atoms with Crippen LogP contribution in [-0.4, -0.2) is 0 Å². The van der Waals surface area contributed by atoms with E-state index in [1.165, 1.54) is 12.1 Å². The van der Waals surface area contributed by atoms with Crippen LogP contribution in [0.5, 0.6) is 5.75 Å². The zero-order chi connectivity index (χ0) is 7.11. The molecule has 47 valence electrons. The lowest BCUT2D eigenvalue weighted by molar-refractivity contribution is 0.355. The second kappa shape index (κ2) is 4.91. The summed E-state index contributed by atoms with van der Waals surface area (Å²) in [7, 11) is 0. The molecular weight excluding hydrogens is 112 g/mol. The monoisotopic (exact) mass is 121 g/mol. The van der Waals surface area contributed by atoms with E-state index in [0.717, 1.165) is 0 Å². The fraction of sp³-hybridized carbons (Fsp3) is 0. The van der Waals surface area contributed by atoms with Crippen LogP contribution in [0, 0.1) is 0 Å². The van der Waals surface area contributed by atoms with Crippen molar-refractivity contribution in [1.29, 1.82) is 0 Å². The van der Waals surface area contributed by atoms with Crippen LogP contribution in [0.4, 0.5) is 0 Å². The summed E-state index contributed by atoms with van der Waals surface area (Å²) in [6.45, 7) is 6.00. The first kappa shape index (κ1) is 7.76. The molecule has 1 radical (unpaired) electrons. The molecule has 1 nitrogen and oxygen atoms in total. The van der Waals surface area contributed by atoms with Gasteiger partial charge in [-0.15, -0.1) is 13.2 Å². The Morgan fingerprint density at radius 2 is 1.44 bits per heavy atom. The third-order valence-electron chi connectivity index (χ3n) is 0.743. The maximum absolute atomic E-state index is 10.3. The summed E-state index contributed by atoms with van der Waals surface area (Å²) in [5, 5.41) is 10.3. The summed E-state index contributed by atoms with van der Waals surface area (Å²) in [6.07, 6.45) is 0. The molecule has 1 rings (SSSR count). The fourth-order valence-electron chi connectivity index (χ4n) is 0.420. The van der Waals surface area contributed by atoms with Crippen molar-refractivity contribution in [2.24, 2.45) is 0 Å². The van der Waals surface area contributed by atoms with Gasteiger partial charge in [-0.3, -0.25) is 5.11 Å². The molecule has 0 bridgehead atoms. The van der Waals surface area contributed by atoms with Gasteiger partial charge < -0.3 is 0 Å². The van der Waals surface area contributed by atoms with Crippen LogP contribution in [0.3, 0.4) is 0 Å². The number of rotatable bonds is 0. The fourth-order valence-corrected chi connectivity index (χ4v) is 0.420. The lowest BCUT2D eigenvalue weighted by atomic mass is 10.3. The lowest BCUT2D eigenvalue weighted by Gasteiger charge is -1.77. The minimum Gasteiger partial charge on any atom is -0.290 e. The van der Waals surface area contributed by atoms with Gasteiger partial charge in [-0.1, -0.05) is 18.2 Å². The normalized spacial score (nSPS) is 7.11. The predicted octanol–water partition coefficient (Wildman–Crippen LogP) is 2.63. The molecule has 1 aromatic carbocycles. The SMILES string of the molecule is C=C.[O]c1ccccc1. The largest absolute Gasteiger partial charge is 0.290 e. The molecule has 0 unspecified atom stereocenters. The highest BCUT2D eigenvalue weighted by Crippen LogP contribution is 2.04. The first-order valence-corrected chi connectivity index (χ1v) is 2.61. The van der Waals surface area contributed by atoms with E-state index in [-0.39, 0.29) is 5.75 Å². The van der Waals surface area contributed by atoms with E-state index in [9.17, 15) is 5.11 Å². The Bertz CT molecular complexity index is 146. The average Bonchev–Trinajstić information content (AvgIpc) is 1.94. The maximum atomic E-state index is 10.3. The highest BCUT2D eigenvalue weighted by molar-refractivity contribution is 5.18.